The van der Waals surface area contributed by atoms with Gasteiger partial charge in [-0.1, -0.05) is 243 Å². The maximum Gasteiger partial charge on any atom is 0.421 e. The molecular weight excluding hydrogens is 1480 g/mol. The SMILES string of the molecule is c1ccc2c(c1)B1N(c3ccc(-c4ccc5oc6ccccc6c5c4)nc3-2)c2cccc3c4ccccc4n1c23.c1ccc2c(c1)B1N(c3ccccc3-2)c2cc(-c3ccc4oc5ccccc5c4c3)cc3c4ccccc4n1c23.c1ccc2c(c1)B1N(c3ccccc3-2)c2cc(-c3ccc4sc5ccccc5c4c3)cc3c4ccccc4n1c23. The molecule has 7 aromatic heterocycles. The Bertz CT molecular complexity index is 8350. The lowest BCUT2D eigenvalue weighted by Crippen LogP contribution is -2.51. The lowest BCUT2D eigenvalue weighted by atomic mass is 9.60. The highest BCUT2D eigenvalue weighted by molar-refractivity contribution is 7.25. The van der Waals surface area contributed by atoms with Gasteiger partial charge in [0.2, 0.25) is 0 Å². The zero-order valence-corrected chi connectivity index (χ0v) is 65.2. The van der Waals surface area contributed by atoms with E-state index < -0.39 is 0 Å². The number of aromatic nitrogens is 4. The summed E-state index contributed by atoms with van der Waals surface area (Å²) in [5.41, 5.74) is 37.2. The van der Waals surface area contributed by atoms with Crippen molar-refractivity contribution in [1.82, 2.24) is 18.4 Å². The standard InChI is InChI=1S/C36H21BN2O.C36H21BN2S.C35H20BN3O/c2*1-5-13-30-24(9-1)25-10-2-6-14-31(25)38-33-21-23(20-29-26-11-3-7-15-32(26)39(36(29)33)37(30)38)22-17-18-35-28(19-22)27-12-4-8-16-34(27)40-35;1-4-12-27-25(10-1)34-30(38-31-14-7-11-24-22-8-2-5-13-29(22)39(35(24)31)36(27)38)18-17-28(37-34)21-16-19-33-26(20-21)23-9-3-6-15-32(23)40-33/h2*1-21H;1-20H. The highest BCUT2D eigenvalue weighted by atomic mass is 32.1. The predicted octanol–water partition coefficient (Wildman–Crippen LogP) is 26.1. The molecule has 0 spiro atoms. The number of nitrogens with zero attached hydrogens (tertiary/aromatic N) is 7. The second-order valence-electron chi connectivity index (χ2n) is 32.6. The fraction of sp³-hybridized carbons (Fsp3) is 0. The first kappa shape index (κ1) is 64.9. The van der Waals surface area contributed by atoms with E-state index in [2.05, 4.69) is 380 Å². The van der Waals surface area contributed by atoms with Crippen LogP contribution in [0.1, 0.15) is 0 Å². The summed E-state index contributed by atoms with van der Waals surface area (Å²) in [5.74, 6) is 0. The molecule has 0 aliphatic carbocycles. The van der Waals surface area contributed by atoms with Crippen molar-refractivity contribution in [2.24, 2.45) is 0 Å². The monoisotopic (exact) mass is 1540 g/mol. The summed E-state index contributed by atoms with van der Waals surface area (Å²) < 4.78 is 22.6. The Morgan fingerprint density at radius 1 is 0.225 bits per heavy atom. The number of pyridine rings is 1. The molecule has 0 atom stereocenters. The van der Waals surface area contributed by atoms with Crippen LogP contribution in [0.2, 0.25) is 0 Å². The number of hydrogen-bond acceptors (Lipinski definition) is 7. The highest BCUT2D eigenvalue weighted by Gasteiger charge is 2.49. The lowest BCUT2D eigenvalue weighted by Gasteiger charge is -2.34. The predicted molar refractivity (Wildman–Crippen MR) is 504 cm³/mol. The molecule has 13 heterocycles. The van der Waals surface area contributed by atoms with Crippen molar-refractivity contribution < 1.29 is 8.83 Å². The molecular formula is C107H62B3N7O2S. The molecule has 13 heteroatoms. The molecule has 120 heavy (non-hydrogen) atoms. The van der Waals surface area contributed by atoms with Gasteiger partial charge >= 0.3 is 20.9 Å². The van der Waals surface area contributed by atoms with Crippen LogP contribution in [0, 0.1) is 0 Å². The zero-order valence-electron chi connectivity index (χ0n) is 64.4. The summed E-state index contributed by atoms with van der Waals surface area (Å²) in [5, 5.41) is 15.1. The molecule has 0 fully saturated rings. The van der Waals surface area contributed by atoms with Gasteiger partial charge in [-0.3, -0.25) is 0 Å². The molecule has 9 nitrogen and oxygen atoms in total. The van der Waals surface area contributed by atoms with Crippen molar-refractivity contribution in [2.75, 3.05) is 14.4 Å². The Morgan fingerprint density at radius 3 is 1.18 bits per heavy atom. The van der Waals surface area contributed by atoms with Gasteiger partial charge in [0.25, 0.3) is 0 Å². The molecule has 0 saturated heterocycles. The van der Waals surface area contributed by atoms with E-state index in [0.29, 0.717) is 0 Å². The molecule has 24 aromatic rings. The van der Waals surface area contributed by atoms with E-state index in [4.69, 9.17) is 13.8 Å². The van der Waals surface area contributed by atoms with Crippen LogP contribution >= 0.6 is 11.3 Å². The van der Waals surface area contributed by atoms with Gasteiger partial charge in [-0.05, 0) is 183 Å². The first-order valence-electron chi connectivity index (χ1n) is 41.3. The summed E-state index contributed by atoms with van der Waals surface area (Å²) in [7, 11) is 0. The maximum absolute atomic E-state index is 6.14. The first-order chi connectivity index (χ1) is 59.5. The van der Waals surface area contributed by atoms with Gasteiger partial charge in [-0.15, -0.1) is 11.3 Å². The van der Waals surface area contributed by atoms with Crippen molar-refractivity contribution in [3.8, 4) is 67.0 Å². The number of fused-ring (bicyclic) bond motifs is 42. The molecule has 0 radical (unpaired) electrons. The third-order valence-corrected chi connectivity index (χ3v) is 27.8. The van der Waals surface area contributed by atoms with E-state index in [1.165, 1.54) is 180 Å². The summed E-state index contributed by atoms with van der Waals surface area (Å²) in [6.07, 6.45) is 0. The van der Waals surface area contributed by atoms with Gasteiger partial charge in [0.05, 0.1) is 50.7 Å². The minimum absolute atomic E-state index is 0.0461. The van der Waals surface area contributed by atoms with Crippen LogP contribution in [-0.4, -0.2) is 39.4 Å². The second kappa shape index (κ2) is 24.2. The fourth-order valence-electron chi connectivity index (χ4n) is 21.7. The summed E-state index contributed by atoms with van der Waals surface area (Å²) >= 11 is 1.88. The molecule has 0 saturated carbocycles. The van der Waals surface area contributed by atoms with Gasteiger partial charge in [0.1, 0.15) is 22.3 Å². The number of anilines is 6. The van der Waals surface area contributed by atoms with Crippen LogP contribution in [-0.2, 0) is 0 Å². The van der Waals surface area contributed by atoms with Gasteiger partial charge in [0, 0.05) is 124 Å². The van der Waals surface area contributed by atoms with Crippen LogP contribution < -0.4 is 30.8 Å². The number of hydrogen-bond donors (Lipinski definition) is 0. The minimum atomic E-state index is 0.0461. The topological polar surface area (TPSA) is 63.7 Å². The van der Waals surface area contributed by atoms with Gasteiger partial charge < -0.3 is 36.7 Å². The Balaban J connectivity index is 0.0000000931. The fourth-order valence-corrected chi connectivity index (χ4v) is 22.8. The highest BCUT2D eigenvalue weighted by Crippen LogP contribution is 2.55. The number of para-hydroxylation sites is 8. The smallest absolute Gasteiger partial charge is 0.421 e. The molecule has 0 unspecified atom stereocenters. The van der Waals surface area contributed by atoms with Crippen LogP contribution in [0.15, 0.2) is 385 Å². The van der Waals surface area contributed by atoms with Crippen molar-refractivity contribution in [2.45, 2.75) is 0 Å². The van der Waals surface area contributed by atoms with Crippen molar-refractivity contribution >= 4 is 212 Å². The Labute approximate surface area is 692 Å². The van der Waals surface area contributed by atoms with E-state index in [0.717, 1.165) is 66.5 Å². The summed E-state index contributed by atoms with van der Waals surface area (Å²) in [4.78, 5) is 13.0. The number of furan rings is 2. The molecule has 0 bridgehead atoms. The quantitative estimate of drug-likeness (QED) is 0.164. The zero-order chi connectivity index (χ0) is 77.8. The van der Waals surface area contributed by atoms with Crippen LogP contribution in [0.4, 0.5) is 34.1 Å². The Hall–Kier alpha value is -15.3. The van der Waals surface area contributed by atoms with E-state index in [1.807, 2.05) is 35.6 Å². The second-order valence-corrected chi connectivity index (χ2v) is 33.7. The van der Waals surface area contributed by atoms with Crippen LogP contribution in [0.25, 0.3) is 196 Å². The molecule has 0 amide bonds. The average molecular weight is 1540 g/mol. The van der Waals surface area contributed by atoms with Gasteiger partial charge in [-0.25, -0.2) is 4.98 Å². The Morgan fingerprint density at radius 2 is 0.608 bits per heavy atom. The lowest BCUT2D eigenvalue weighted by molar-refractivity contribution is 0.668. The van der Waals surface area contributed by atoms with Crippen molar-refractivity contribution in [3.63, 3.8) is 0 Å². The Kier molecular flexibility index (Phi) is 13.1. The normalized spacial score (nSPS) is 13.4. The molecule has 30 rings (SSSR count). The molecule has 552 valence electrons. The van der Waals surface area contributed by atoms with E-state index >= 15 is 0 Å². The first-order valence-corrected chi connectivity index (χ1v) is 42.1. The summed E-state index contributed by atoms with van der Waals surface area (Å²) in [6.45, 7) is 0.200. The van der Waals surface area contributed by atoms with Crippen molar-refractivity contribution in [1.29, 1.82) is 0 Å². The largest absolute Gasteiger partial charge is 0.456 e. The van der Waals surface area contributed by atoms with Gasteiger partial charge in [0.15, 0.2) is 0 Å². The molecule has 6 aliphatic heterocycles. The van der Waals surface area contributed by atoms with Crippen molar-refractivity contribution in [3.05, 3.63) is 376 Å². The minimum Gasteiger partial charge on any atom is -0.456 e. The average Bonchev–Trinajstić information content (AvgIpc) is 1.53. The third-order valence-electron chi connectivity index (χ3n) is 26.6. The number of thiophene rings is 1. The molecule has 17 aromatic carbocycles. The number of rotatable bonds is 3. The maximum atomic E-state index is 6.14. The van der Waals surface area contributed by atoms with E-state index in [1.54, 1.807) is 0 Å². The third kappa shape index (κ3) is 8.79. The van der Waals surface area contributed by atoms with Crippen LogP contribution in [0.5, 0.6) is 0 Å². The van der Waals surface area contributed by atoms with E-state index in [-0.39, 0.29) is 20.9 Å². The number of benzene rings is 17. The molecule has 6 aliphatic rings. The van der Waals surface area contributed by atoms with Crippen LogP contribution in [0.3, 0.4) is 0 Å². The molecule has 0 N–H and O–H groups in total. The van der Waals surface area contributed by atoms with Gasteiger partial charge in [-0.2, -0.15) is 0 Å². The van der Waals surface area contributed by atoms with E-state index in [9.17, 15) is 0 Å². The summed E-state index contributed by atoms with van der Waals surface area (Å²) in [6, 6.07) is 137.